The zero-order valence-electron chi connectivity index (χ0n) is 14.9. The summed E-state index contributed by atoms with van der Waals surface area (Å²) in [6.45, 7) is 0. The van der Waals surface area contributed by atoms with Crippen molar-refractivity contribution >= 4 is 22.7 Å². The van der Waals surface area contributed by atoms with Crippen LogP contribution in [-0.2, 0) is 0 Å². The van der Waals surface area contributed by atoms with Gasteiger partial charge in [-0.2, -0.15) is 0 Å². The van der Waals surface area contributed by atoms with Crippen LogP contribution in [-0.4, -0.2) is 26.1 Å². The van der Waals surface area contributed by atoms with Crippen LogP contribution >= 0.6 is 0 Å². The van der Waals surface area contributed by atoms with Crippen molar-refractivity contribution in [2.45, 2.75) is 0 Å². The van der Waals surface area contributed by atoms with Crippen molar-refractivity contribution in [3.63, 3.8) is 0 Å². The van der Waals surface area contributed by atoms with Crippen molar-refractivity contribution in [1.29, 1.82) is 0 Å². The SMILES string of the molecule is O=C(Nc1ccc2oc(-c3cccnc3)nc2c1)c1nnc(-c2ccccc2)o1. The quantitative estimate of drug-likeness (QED) is 0.496. The Kier molecular flexibility index (Phi) is 4.06. The van der Waals surface area contributed by atoms with E-state index in [1.54, 1.807) is 30.6 Å². The van der Waals surface area contributed by atoms with Crippen LogP contribution in [0.5, 0.6) is 0 Å². The van der Waals surface area contributed by atoms with Crippen molar-refractivity contribution in [2.24, 2.45) is 0 Å². The van der Waals surface area contributed by atoms with E-state index in [1.807, 2.05) is 42.5 Å². The van der Waals surface area contributed by atoms with Crippen LogP contribution in [0.3, 0.4) is 0 Å². The summed E-state index contributed by atoms with van der Waals surface area (Å²) in [5.41, 5.74) is 3.26. The molecule has 0 fully saturated rings. The van der Waals surface area contributed by atoms with Gasteiger partial charge in [0.1, 0.15) is 5.52 Å². The number of rotatable bonds is 4. The van der Waals surface area contributed by atoms with E-state index in [9.17, 15) is 4.79 Å². The first kappa shape index (κ1) is 16.8. The molecule has 8 heteroatoms. The van der Waals surface area contributed by atoms with E-state index in [0.717, 1.165) is 11.1 Å². The van der Waals surface area contributed by atoms with Crippen LogP contribution in [0.25, 0.3) is 34.0 Å². The zero-order valence-corrected chi connectivity index (χ0v) is 14.9. The fraction of sp³-hybridized carbons (Fsp3) is 0. The molecule has 0 saturated heterocycles. The van der Waals surface area contributed by atoms with Crippen molar-refractivity contribution < 1.29 is 13.6 Å². The molecule has 5 aromatic rings. The molecule has 0 atom stereocenters. The Balaban J connectivity index is 1.37. The molecule has 140 valence electrons. The number of aromatic nitrogens is 4. The zero-order chi connectivity index (χ0) is 19.6. The summed E-state index contributed by atoms with van der Waals surface area (Å²) in [5, 5.41) is 10.5. The van der Waals surface area contributed by atoms with Gasteiger partial charge in [0.05, 0.1) is 5.56 Å². The summed E-state index contributed by atoms with van der Waals surface area (Å²) in [6.07, 6.45) is 3.35. The average Bonchev–Trinajstić information content (AvgIpc) is 3.42. The second-order valence-corrected chi connectivity index (χ2v) is 6.18. The highest BCUT2D eigenvalue weighted by Crippen LogP contribution is 2.26. The lowest BCUT2D eigenvalue weighted by Gasteiger charge is -2.01. The molecule has 1 N–H and O–H groups in total. The topological polar surface area (TPSA) is 107 Å². The fourth-order valence-electron chi connectivity index (χ4n) is 2.81. The fourth-order valence-corrected chi connectivity index (χ4v) is 2.81. The first-order chi connectivity index (χ1) is 14.3. The second-order valence-electron chi connectivity index (χ2n) is 6.18. The molecule has 1 amide bonds. The van der Waals surface area contributed by atoms with Crippen molar-refractivity contribution in [3.8, 4) is 22.9 Å². The van der Waals surface area contributed by atoms with Crippen LogP contribution in [0, 0.1) is 0 Å². The van der Waals surface area contributed by atoms with Crippen LogP contribution in [0.1, 0.15) is 10.7 Å². The number of benzene rings is 2. The minimum atomic E-state index is -0.505. The lowest BCUT2D eigenvalue weighted by Crippen LogP contribution is -2.12. The van der Waals surface area contributed by atoms with Crippen molar-refractivity contribution in [3.05, 3.63) is 78.9 Å². The number of nitrogens with zero attached hydrogens (tertiary/aromatic N) is 4. The molecule has 2 aromatic carbocycles. The molecule has 5 rings (SSSR count). The molecule has 3 aromatic heterocycles. The molecule has 8 nitrogen and oxygen atoms in total. The van der Waals surface area contributed by atoms with Crippen LogP contribution in [0.2, 0.25) is 0 Å². The minimum absolute atomic E-state index is 0.125. The number of nitrogens with one attached hydrogen (secondary N) is 1. The Morgan fingerprint density at radius 2 is 1.72 bits per heavy atom. The highest BCUT2D eigenvalue weighted by molar-refractivity contribution is 6.01. The number of amides is 1. The molecule has 0 radical (unpaired) electrons. The lowest BCUT2D eigenvalue weighted by atomic mass is 10.2. The number of hydrogen-bond donors (Lipinski definition) is 1. The number of oxazole rings is 1. The average molecular weight is 383 g/mol. The smallest absolute Gasteiger partial charge is 0.313 e. The maximum absolute atomic E-state index is 12.5. The van der Waals surface area contributed by atoms with E-state index < -0.39 is 5.91 Å². The first-order valence-electron chi connectivity index (χ1n) is 8.77. The molecule has 3 heterocycles. The predicted molar refractivity (Wildman–Crippen MR) is 105 cm³/mol. The molecular weight excluding hydrogens is 370 g/mol. The summed E-state index contributed by atoms with van der Waals surface area (Å²) in [5.74, 6) is 0.111. The van der Waals surface area contributed by atoms with Gasteiger partial charge in [-0.1, -0.05) is 18.2 Å². The Morgan fingerprint density at radius 1 is 0.862 bits per heavy atom. The van der Waals surface area contributed by atoms with E-state index in [4.69, 9.17) is 8.83 Å². The monoisotopic (exact) mass is 383 g/mol. The van der Waals surface area contributed by atoms with Gasteiger partial charge in [0.25, 0.3) is 0 Å². The largest absolute Gasteiger partial charge is 0.436 e. The van der Waals surface area contributed by atoms with Gasteiger partial charge in [0.2, 0.25) is 11.8 Å². The molecule has 0 spiro atoms. The summed E-state index contributed by atoms with van der Waals surface area (Å²) in [4.78, 5) is 21.0. The number of carbonyl (C=O) groups excluding carboxylic acids is 1. The molecular formula is C21H13N5O3. The molecule has 0 saturated carbocycles. The van der Waals surface area contributed by atoms with Crippen LogP contribution < -0.4 is 5.32 Å². The van der Waals surface area contributed by atoms with Gasteiger partial charge in [-0.15, -0.1) is 10.2 Å². The number of anilines is 1. The molecule has 0 aliphatic carbocycles. The summed E-state index contributed by atoms with van der Waals surface area (Å²) in [6, 6.07) is 18.1. The third-order valence-electron chi connectivity index (χ3n) is 4.19. The Hall–Kier alpha value is -4.33. The van der Waals surface area contributed by atoms with Crippen molar-refractivity contribution in [1.82, 2.24) is 20.2 Å². The molecule has 0 unspecified atom stereocenters. The Bertz CT molecular complexity index is 1300. The Labute approximate surface area is 164 Å². The third kappa shape index (κ3) is 3.34. The summed E-state index contributed by atoms with van der Waals surface area (Å²) in [7, 11) is 0. The Morgan fingerprint density at radius 3 is 2.55 bits per heavy atom. The van der Waals surface area contributed by atoms with Gasteiger partial charge in [0.15, 0.2) is 5.58 Å². The van der Waals surface area contributed by atoms with E-state index >= 15 is 0 Å². The molecule has 0 aliphatic heterocycles. The van der Waals surface area contributed by atoms with Crippen molar-refractivity contribution in [2.75, 3.05) is 5.32 Å². The number of hydrogen-bond acceptors (Lipinski definition) is 7. The molecule has 0 bridgehead atoms. The predicted octanol–water partition coefficient (Wildman–Crippen LogP) is 4.19. The van der Waals surface area contributed by atoms with Gasteiger partial charge >= 0.3 is 11.8 Å². The van der Waals surface area contributed by atoms with Gasteiger partial charge in [-0.25, -0.2) is 4.98 Å². The normalized spacial score (nSPS) is 10.9. The lowest BCUT2D eigenvalue weighted by molar-refractivity contribution is 0.0991. The number of carbonyl (C=O) groups is 1. The highest BCUT2D eigenvalue weighted by Gasteiger charge is 2.17. The highest BCUT2D eigenvalue weighted by atomic mass is 16.4. The number of pyridine rings is 1. The maximum Gasteiger partial charge on any atom is 0.313 e. The van der Waals surface area contributed by atoms with E-state index in [2.05, 4.69) is 25.5 Å². The molecule has 0 aliphatic rings. The van der Waals surface area contributed by atoms with Gasteiger partial charge < -0.3 is 14.2 Å². The second kappa shape index (κ2) is 7.01. The maximum atomic E-state index is 12.5. The van der Waals surface area contributed by atoms with E-state index in [1.165, 1.54) is 0 Å². The van der Waals surface area contributed by atoms with E-state index in [0.29, 0.717) is 22.7 Å². The standard InChI is InChI=1S/C21H13N5O3/c27-18(21-26-25-20(29-21)13-5-2-1-3-6-13)23-15-8-9-17-16(11-15)24-19(28-17)14-7-4-10-22-12-14/h1-12H,(H,23,27). The first-order valence-corrected chi connectivity index (χ1v) is 8.77. The summed E-state index contributed by atoms with van der Waals surface area (Å²) < 4.78 is 11.2. The molecule has 29 heavy (non-hydrogen) atoms. The van der Waals surface area contributed by atoms with Gasteiger partial charge in [-0.05, 0) is 42.5 Å². The summed E-state index contributed by atoms with van der Waals surface area (Å²) >= 11 is 0. The minimum Gasteiger partial charge on any atom is -0.436 e. The van der Waals surface area contributed by atoms with E-state index in [-0.39, 0.29) is 11.8 Å². The van der Waals surface area contributed by atoms with Crippen LogP contribution in [0.4, 0.5) is 5.69 Å². The van der Waals surface area contributed by atoms with Gasteiger partial charge in [-0.3, -0.25) is 9.78 Å². The van der Waals surface area contributed by atoms with Crippen LogP contribution in [0.15, 0.2) is 81.9 Å². The van der Waals surface area contributed by atoms with Gasteiger partial charge in [0, 0.05) is 23.6 Å². The third-order valence-corrected chi connectivity index (χ3v) is 4.19. The number of fused-ring (bicyclic) bond motifs is 1.